The van der Waals surface area contributed by atoms with Crippen molar-refractivity contribution in [2.24, 2.45) is 0 Å². The van der Waals surface area contributed by atoms with Gasteiger partial charge >= 0.3 is 5.63 Å². The zero-order chi connectivity index (χ0) is 21.3. The Bertz CT molecular complexity index is 1120. The van der Waals surface area contributed by atoms with Crippen molar-refractivity contribution in [2.45, 2.75) is 46.1 Å². The predicted molar refractivity (Wildman–Crippen MR) is 120 cm³/mol. The number of aryl methyl sites for hydroxylation is 1. The van der Waals surface area contributed by atoms with E-state index in [9.17, 15) is 9.59 Å². The highest BCUT2D eigenvalue weighted by atomic mass is 16.4. The first-order valence-electron chi connectivity index (χ1n) is 10.6. The molecule has 1 N–H and O–H groups in total. The van der Waals surface area contributed by atoms with Crippen LogP contribution in [-0.2, 0) is 6.54 Å². The van der Waals surface area contributed by atoms with E-state index < -0.39 is 0 Å². The van der Waals surface area contributed by atoms with E-state index in [2.05, 4.69) is 25.2 Å². The molecule has 0 aliphatic carbocycles. The minimum Gasteiger partial charge on any atom is -0.423 e. The number of rotatable bonds is 5. The third-order valence-electron chi connectivity index (χ3n) is 5.85. The van der Waals surface area contributed by atoms with Gasteiger partial charge < -0.3 is 14.6 Å². The highest BCUT2D eigenvalue weighted by molar-refractivity contribution is 5.94. The van der Waals surface area contributed by atoms with Gasteiger partial charge in [-0.3, -0.25) is 4.79 Å². The lowest BCUT2D eigenvalue weighted by Crippen LogP contribution is -2.27. The molecule has 2 heterocycles. The normalized spacial score (nSPS) is 13.9. The van der Waals surface area contributed by atoms with E-state index >= 15 is 0 Å². The van der Waals surface area contributed by atoms with Crippen LogP contribution < -0.4 is 10.9 Å². The summed E-state index contributed by atoms with van der Waals surface area (Å²) in [5.74, 6) is 0.491. The number of hydrogen-bond acceptors (Lipinski definition) is 4. The second kappa shape index (κ2) is 8.34. The highest BCUT2D eigenvalue weighted by Crippen LogP contribution is 2.27. The lowest BCUT2D eigenvalue weighted by molar-refractivity contribution is 0.0793. The summed E-state index contributed by atoms with van der Waals surface area (Å²) >= 11 is 0. The Morgan fingerprint density at radius 1 is 1.10 bits per heavy atom. The molecule has 1 aliphatic heterocycles. The zero-order valence-corrected chi connectivity index (χ0v) is 17.8. The van der Waals surface area contributed by atoms with Gasteiger partial charge in [0.1, 0.15) is 5.58 Å². The summed E-state index contributed by atoms with van der Waals surface area (Å²) in [7, 11) is 0. The van der Waals surface area contributed by atoms with Crippen LogP contribution in [0.2, 0.25) is 0 Å². The van der Waals surface area contributed by atoms with Gasteiger partial charge in [0, 0.05) is 42.3 Å². The second-order valence-electron chi connectivity index (χ2n) is 8.38. The molecule has 2 aromatic carbocycles. The molecule has 1 fully saturated rings. The van der Waals surface area contributed by atoms with Gasteiger partial charge in [-0.15, -0.1) is 0 Å². The third-order valence-corrected chi connectivity index (χ3v) is 5.85. The van der Waals surface area contributed by atoms with E-state index in [0.717, 1.165) is 48.1 Å². The molecule has 30 heavy (non-hydrogen) atoms. The summed E-state index contributed by atoms with van der Waals surface area (Å²) in [5, 5.41) is 4.33. The average molecular weight is 405 g/mol. The number of benzene rings is 2. The number of nitrogens with one attached hydrogen (secondary N) is 1. The van der Waals surface area contributed by atoms with E-state index in [4.69, 9.17) is 4.42 Å². The molecule has 0 radical (unpaired) electrons. The zero-order valence-electron chi connectivity index (χ0n) is 17.8. The third kappa shape index (κ3) is 4.11. The Morgan fingerprint density at radius 3 is 2.47 bits per heavy atom. The topological polar surface area (TPSA) is 62.6 Å². The SMILES string of the molecule is Cc1cc2oc(=O)cc(CNc3ccc(C(=O)N4CCCC4)cc3)c2cc1C(C)C. The highest BCUT2D eigenvalue weighted by Gasteiger charge is 2.19. The van der Waals surface area contributed by atoms with Crippen LogP contribution in [0.3, 0.4) is 0 Å². The molecule has 156 valence electrons. The van der Waals surface area contributed by atoms with Crippen molar-refractivity contribution in [2.75, 3.05) is 18.4 Å². The van der Waals surface area contributed by atoms with Crippen molar-refractivity contribution in [3.8, 4) is 0 Å². The van der Waals surface area contributed by atoms with Crippen molar-refractivity contribution in [3.05, 3.63) is 75.1 Å². The van der Waals surface area contributed by atoms with Crippen molar-refractivity contribution in [1.29, 1.82) is 0 Å². The lowest BCUT2D eigenvalue weighted by atomic mass is 9.95. The van der Waals surface area contributed by atoms with Crippen LogP contribution in [0.4, 0.5) is 5.69 Å². The Labute approximate surface area is 176 Å². The average Bonchev–Trinajstić information content (AvgIpc) is 3.26. The molecule has 1 aromatic heterocycles. The monoisotopic (exact) mass is 404 g/mol. The summed E-state index contributed by atoms with van der Waals surface area (Å²) in [6, 6.07) is 13.2. The fourth-order valence-corrected chi connectivity index (χ4v) is 4.19. The molecule has 3 aromatic rings. The van der Waals surface area contributed by atoms with Crippen LogP contribution in [0.5, 0.6) is 0 Å². The summed E-state index contributed by atoms with van der Waals surface area (Å²) in [6.45, 7) is 8.57. The maximum atomic E-state index is 12.5. The van der Waals surface area contributed by atoms with Crippen molar-refractivity contribution in [1.82, 2.24) is 4.90 Å². The van der Waals surface area contributed by atoms with Gasteiger partial charge in [0.25, 0.3) is 5.91 Å². The van der Waals surface area contributed by atoms with Crippen molar-refractivity contribution in [3.63, 3.8) is 0 Å². The first-order valence-corrected chi connectivity index (χ1v) is 10.6. The van der Waals surface area contributed by atoms with Crippen LogP contribution in [-0.4, -0.2) is 23.9 Å². The van der Waals surface area contributed by atoms with Gasteiger partial charge in [-0.2, -0.15) is 0 Å². The Morgan fingerprint density at radius 2 is 1.80 bits per heavy atom. The molecule has 0 bridgehead atoms. The number of carbonyl (C=O) groups excluding carboxylic acids is 1. The molecular formula is C25H28N2O3. The fraction of sp³-hybridized carbons (Fsp3) is 0.360. The molecule has 1 amide bonds. The van der Waals surface area contributed by atoms with Crippen LogP contribution in [0.25, 0.3) is 11.0 Å². The van der Waals surface area contributed by atoms with Crippen molar-refractivity contribution >= 4 is 22.6 Å². The standard InChI is InChI=1S/C25H28N2O3/c1-16(2)21-14-22-19(13-24(28)30-23(22)12-17(21)3)15-26-20-8-6-18(7-9-20)25(29)27-10-4-5-11-27/h6-9,12-14,16,26H,4-5,10-11,15H2,1-3H3. The number of nitrogens with zero attached hydrogens (tertiary/aromatic N) is 1. The van der Waals surface area contributed by atoms with Crippen molar-refractivity contribution < 1.29 is 9.21 Å². The first-order chi connectivity index (χ1) is 14.4. The second-order valence-corrected chi connectivity index (χ2v) is 8.38. The Kier molecular flexibility index (Phi) is 5.62. The van der Waals surface area contributed by atoms with E-state index in [-0.39, 0.29) is 11.5 Å². The van der Waals surface area contributed by atoms with Gasteiger partial charge in [0.15, 0.2) is 0 Å². The summed E-state index contributed by atoms with van der Waals surface area (Å²) in [5.41, 5.74) is 5.18. The minimum atomic E-state index is -0.345. The summed E-state index contributed by atoms with van der Waals surface area (Å²) in [6.07, 6.45) is 2.17. The van der Waals surface area contributed by atoms with Gasteiger partial charge in [0.2, 0.25) is 0 Å². The lowest BCUT2D eigenvalue weighted by Gasteiger charge is -2.16. The molecule has 0 saturated carbocycles. The molecular weight excluding hydrogens is 376 g/mol. The molecule has 4 rings (SSSR count). The molecule has 5 nitrogen and oxygen atoms in total. The largest absolute Gasteiger partial charge is 0.423 e. The molecule has 0 atom stereocenters. The quantitative estimate of drug-likeness (QED) is 0.603. The molecule has 1 aliphatic rings. The number of fused-ring (bicyclic) bond motifs is 1. The van der Waals surface area contributed by atoms with Gasteiger partial charge in [-0.1, -0.05) is 13.8 Å². The maximum absolute atomic E-state index is 12.5. The summed E-state index contributed by atoms with van der Waals surface area (Å²) < 4.78 is 5.44. The molecule has 5 heteroatoms. The van der Waals surface area contributed by atoms with Crippen LogP contribution in [0, 0.1) is 6.92 Å². The van der Waals surface area contributed by atoms with E-state index in [0.29, 0.717) is 23.6 Å². The smallest absolute Gasteiger partial charge is 0.336 e. The number of anilines is 1. The maximum Gasteiger partial charge on any atom is 0.336 e. The first kappa shape index (κ1) is 20.2. The number of amides is 1. The molecule has 0 unspecified atom stereocenters. The Balaban J connectivity index is 1.55. The van der Waals surface area contributed by atoms with Gasteiger partial charge in [0.05, 0.1) is 0 Å². The summed E-state index contributed by atoms with van der Waals surface area (Å²) in [4.78, 5) is 26.5. The number of likely N-dealkylation sites (tertiary alicyclic amines) is 1. The van der Waals surface area contributed by atoms with Gasteiger partial charge in [-0.25, -0.2) is 4.79 Å². The fourth-order valence-electron chi connectivity index (χ4n) is 4.19. The van der Waals surface area contributed by atoms with Crippen LogP contribution in [0.15, 0.2) is 51.7 Å². The van der Waals surface area contributed by atoms with Crippen LogP contribution in [0.1, 0.15) is 59.7 Å². The van der Waals surface area contributed by atoms with Gasteiger partial charge in [-0.05, 0) is 78.8 Å². The minimum absolute atomic E-state index is 0.0993. The predicted octanol–water partition coefficient (Wildman–Crippen LogP) is 5.07. The molecule has 0 spiro atoms. The number of carbonyl (C=O) groups is 1. The Hall–Kier alpha value is -3.08. The number of hydrogen-bond donors (Lipinski definition) is 1. The van der Waals surface area contributed by atoms with E-state index in [1.807, 2.05) is 42.2 Å². The molecule has 1 saturated heterocycles. The van der Waals surface area contributed by atoms with E-state index in [1.54, 1.807) is 6.07 Å². The van der Waals surface area contributed by atoms with E-state index in [1.165, 1.54) is 5.56 Å². The van der Waals surface area contributed by atoms with Crippen LogP contribution >= 0.6 is 0 Å².